The van der Waals surface area contributed by atoms with E-state index in [1.165, 1.54) is 12.1 Å². The summed E-state index contributed by atoms with van der Waals surface area (Å²) in [6.45, 7) is 3.72. The second-order valence-electron chi connectivity index (χ2n) is 6.06. The molecule has 0 spiro atoms. The van der Waals surface area contributed by atoms with Crippen molar-refractivity contribution in [1.82, 2.24) is 0 Å². The molecule has 3 rings (SSSR count). The normalized spacial score (nSPS) is 22.9. The number of nitrogens with zero attached hydrogens (tertiary/aromatic N) is 1. The van der Waals surface area contributed by atoms with Crippen LogP contribution in [0.4, 0.5) is 4.39 Å². The van der Waals surface area contributed by atoms with Crippen molar-refractivity contribution >= 4 is 5.57 Å². The van der Waals surface area contributed by atoms with Crippen LogP contribution < -0.4 is 5.73 Å². The Labute approximate surface area is 129 Å². The summed E-state index contributed by atoms with van der Waals surface area (Å²) in [5, 5.41) is 9.63. The predicted octanol–water partition coefficient (Wildman–Crippen LogP) is 3.66. The molecule has 1 heterocycles. The Morgan fingerprint density at radius 2 is 2.00 bits per heavy atom. The van der Waals surface area contributed by atoms with E-state index in [9.17, 15) is 9.65 Å². The lowest BCUT2D eigenvalue weighted by Gasteiger charge is -2.40. The minimum Gasteiger partial charge on any atom is -0.486 e. The van der Waals surface area contributed by atoms with Gasteiger partial charge in [0.2, 0.25) is 0 Å². The molecular weight excluding hydrogens is 279 g/mol. The molecular formula is C18H17FN2O. The van der Waals surface area contributed by atoms with Gasteiger partial charge in [-0.25, -0.2) is 4.39 Å². The van der Waals surface area contributed by atoms with Crippen molar-refractivity contribution in [2.75, 3.05) is 0 Å². The number of nitriles is 1. The standard InChI is InChI=1S/C18H17FN2O/c1-18(2)15(10-20)17(11-3-5-12(19)6-4-11)14-8-7-13(21)9-16(14)22-18/h3-7,9,14H,8,21H2,1-2H3. The van der Waals surface area contributed by atoms with E-state index >= 15 is 0 Å². The lowest BCUT2D eigenvalue weighted by atomic mass is 9.76. The summed E-state index contributed by atoms with van der Waals surface area (Å²) in [7, 11) is 0. The Kier molecular flexibility index (Phi) is 3.29. The number of nitrogens with two attached hydrogens (primary N) is 1. The average Bonchev–Trinajstić information content (AvgIpc) is 2.45. The van der Waals surface area contributed by atoms with Gasteiger partial charge in [-0.2, -0.15) is 5.26 Å². The molecule has 1 aromatic carbocycles. The molecule has 0 bridgehead atoms. The van der Waals surface area contributed by atoms with Crippen LogP contribution in [0.25, 0.3) is 5.57 Å². The molecule has 1 aromatic rings. The SMILES string of the molecule is CC1(C)OC2=CC(N)=CCC2C(c2ccc(F)cc2)=C1C#N. The third kappa shape index (κ3) is 2.29. The summed E-state index contributed by atoms with van der Waals surface area (Å²) in [6, 6.07) is 8.53. The number of rotatable bonds is 1. The van der Waals surface area contributed by atoms with Crippen LogP contribution in [0.3, 0.4) is 0 Å². The van der Waals surface area contributed by atoms with Gasteiger partial charge in [-0.05, 0) is 49.6 Å². The molecule has 0 amide bonds. The first-order chi connectivity index (χ1) is 10.4. The topological polar surface area (TPSA) is 59.0 Å². The van der Waals surface area contributed by atoms with Gasteiger partial charge in [-0.15, -0.1) is 0 Å². The number of allylic oxidation sites excluding steroid dienone is 3. The maximum Gasteiger partial charge on any atom is 0.138 e. The number of hydrogen-bond donors (Lipinski definition) is 1. The van der Waals surface area contributed by atoms with Crippen LogP contribution in [0.15, 0.2) is 53.4 Å². The van der Waals surface area contributed by atoms with Crippen LogP contribution >= 0.6 is 0 Å². The van der Waals surface area contributed by atoms with Crippen molar-refractivity contribution in [3.05, 3.63) is 64.8 Å². The van der Waals surface area contributed by atoms with Crippen LogP contribution in [-0.4, -0.2) is 5.60 Å². The van der Waals surface area contributed by atoms with Crippen LogP contribution in [0, 0.1) is 23.1 Å². The molecule has 1 aliphatic heterocycles. The van der Waals surface area contributed by atoms with E-state index < -0.39 is 5.60 Å². The van der Waals surface area contributed by atoms with E-state index in [0.29, 0.717) is 17.7 Å². The zero-order valence-corrected chi connectivity index (χ0v) is 12.6. The van der Waals surface area contributed by atoms with Crippen molar-refractivity contribution in [2.45, 2.75) is 25.9 Å². The highest BCUT2D eigenvalue weighted by Crippen LogP contribution is 2.46. The Bertz CT molecular complexity index is 748. The molecule has 0 saturated carbocycles. The first-order valence-electron chi connectivity index (χ1n) is 7.19. The number of benzene rings is 1. The summed E-state index contributed by atoms with van der Waals surface area (Å²) in [5.74, 6) is 0.418. The molecule has 0 saturated heterocycles. The highest BCUT2D eigenvalue weighted by Gasteiger charge is 2.40. The molecule has 22 heavy (non-hydrogen) atoms. The number of ether oxygens (including phenoxy) is 1. The van der Waals surface area contributed by atoms with Gasteiger partial charge in [0.1, 0.15) is 17.2 Å². The molecule has 1 atom stereocenters. The Hall–Kier alpha value is -2.54. The minimum atomic E-state index is -0.738. The fraction of sp³-hybridized carbons (Fsp3) is 0.278. The fourth-order valence-corrected chi connectivity index (χ4v) is 3.07. The van der Waals surface area contributed by atoms with Gasteiger partial charge in [-0.1, -0.05) is 18.2 Å². The van der Waals surface area contributed by atoms with Crippen LogP contribution in [0.2, 0.25) is 0 Å². The van der Waals surface area contributed by atoms with E-state index in [-0.39, 0.29) is 11.7 Å². The summed E-state index contributed by atoms with van der Waals surface area (Å²) < 4.78 is 19.2. The lowest BCUT2D eigenvalue weighted by molar-refractivity contribution is 0.0484. The Balaban J connectivity index is 2.21. The zero-order valence-electron chi connectivity index (χ0n) is 12.6. The second-order valence-corrected chi connectivity index (χ2v) is 6.06. The molecule has 2 N–H and O–H groups in total. The third-order valence-corrected chi connectivity index (χ3v) is 4.10. The number of fused-ring (bicyclic) bond motifs is 1. The first-order valence-corrected chi connectivity index (χ1v) is 7.19. The van der Waals surface area contributed by atoms with Gasteiger partial charge < -0.3 is 10.5 Å². The fourth-order valence-electron chi connectivity index (χ4n) is 3.07. The van der Waals surface area contributed by atoms with Gasteiger partial charge in [0.05, 0.1) is 11.6 Å². The Morgan fingerprint density at radius 3 is 2.64 bits per heavy atom. The second kappa shape index (κ2) is 5.03. The molecule has 3 nitrogen and oxygen atoms in total. The van der Waals surface area contributed by atoms with Crippen molar-refractivity contribution < 1.29 is 9.13 Å². The highest BCUT2D eigenvalue weighted by molar-refractivity contribution is 5.78. The Morgan fingerprint density at radius 1 is 1.32 bits per heavy atom. The van der Waals surface area contributed by atoms with Gasteiger partial charge in [0.15, 0.2) is 0 Å². The van der Waals surface area contributed by atoms with Gasteiger partial charge in [-0.3, -0.25) is 0 Å². The minimum absolute atomic E-state index is 0.0552. The van der Waals surface area contributed by atoms with Crippen LogP contribution in [0.5, 0.6) is 0 Å². The summed E-state index contributed by atoms with van der Waals surface area (Å²) in [5.41, 5.74) is 8.13. The maximum absolute atomic E-state index is 13.2. The number of halogens is 1. The number of hydrogen-bond acceptors (Lipinski definition) is 3. The van der Waals surface area contributed by atoms with E-state index in [1.54, 1.807) is 12.1 Å². The largest absolute Gasteiger partial charge is 0.486 e. The van der Waals surface area contributed by atoms with E-state index in [2.05, 4.69) is 6.07 Å². The zero-order chi connectivity index (χ0) is 15.9. The van der Waals surface area contributed by atoms with Crippen molar-refractivity contribution in [2.24, 2.45) is 11.7 Å². The molecule has 112 valence electrons. The highest BCUT2D eigenvalue weighted by atomic mass is 19.1. The van der Waals surface area contributed by atoms with Gasteiger partial charge >= 0.3 is 0 Å². The van der Waals surface area contributed by atoms with E-state index in [4.69, 9.17) is 10.5 Å². The van der Waals surface area contributed by atoms with Crippen molar-refractivity contribution in [3.8, 4) is 6.07 Å². The van der Waals surface area contributed by atoms with E-state index in [0.717, 1.165) is 16.9 Å². The molecule has 1 unspecified atom stereocenters. The van der Waals surface area contributed by atoms with Crippen molar-refractivity contribution in [3.63, 3.8) is 0 Å². The maximum atomic E-state index is 13.2. The molecule has 1 aliphatic carbocycles. The lowest BCUT2D eigenvalue weighted by Crippen LogP contribution is -2.36. The molecule has 0 fully saturated rings. The van der Waals surface area contributed by atoms with Gasteiger partial charge in [0.25, 0.3) is 0 Å². The molecule has 4 heteroatoms. The predicted molar refractivity (Wildman–Crippen MR) is 82.6 cm³/mol. The smallest absolute Gasteiger partial charge is 0.138 e. The van der Waals surface area contributed by atoms with Crippen LogP contribution in [-0.2, 0) is 4.74 Å². The molecule has 2 aliphatic rings. The van der Waals surface area contributed by atoms with E-state index in [1.807, 2.05) is 26.0 Å². The van der Waals surface area contributed by atoms with Crippen molar-refractivity contribution in [1.29, 1.82) is 5.26 Å². The molecule has 0 radical (unpaired) electrons. The van der Waals surface area contributed by atoms with Crippen LogP contribution in [0.1, 0.15) is 25.8 Å². The summed E-state index contributed by atoms with van der Waals surface area (Å²) >= 11 is 0. The van der Waals surface area contributed by atoms with Gasteiger partial charge in [0, 0.05) is 11.6 Å². The molecule has 0 aromatic heterocycles. The first kappa shape index (κ1) is 14.4. The average molecular weight is 296 g/mol. The third-order valence-electron chi connectivity index (χ3n) is 4.10. The summed E-state index contributed by atoms with van der Waals surface area (Å²) in [6.07, 6.45) is 4.41. The monoisotopic (exact) mass is 296 g/mol. The summed E-state index contributed by atoms with van der Waals surface area (Å²) in [4.78, 5) is 0. The quantitative estimate of drug-likeness (QED) is 0.860.